The van der Waals surface area contributed by atoms with E-state index in [2.05, 4.69) is 13.8 Å². The molecule has 5 fully saturated rings. The van der Waals surface area contributed by atoms with Crippen LogP contribution in [-0.4, -0.2) is 65.9 Å². The quantitative estimate of drug-likeness (QED) is 0.271. The predicted octanol–water partition coefficient (Wildman–Crippen LogP) is 6.31. The monoisotopic (exact) mass is 589 g/mol. The van der Waals surface area contributed by atoms with Crippen molar-refractivity contribution >= 4 is 24.0 Å². The van der Waals surface area contributed by atoms with Gasteiger partial charge in [-0.15, -0.1) is 0 Å². The van der Waals surface area contributed by atoms with Crippen molar-refractivity contribution in [2.24, 2.45) is 40.4 Å². The standard InChI is InChI=1S/C33H51NO8/c1-20(35)24-10-11-25-23-9-8-21-16-31(5,14-15-32(21,6)26(23)12-13-33(24,25)7)41-27(36)19-39-29(38)40-22-17-34(18-22)28(37)42-30(2,3)4/h21-26H,8-19H2,1-7H3/t21-,23?,24+,25?,26?,31+,32-,33+/m0/s1. The van der Waals surface area contributed by atoms with Crippen molar-refractivity contribution < 1.29 is 38.1 Å². The number of ketones is 1. The van der Waals surface area contributed by atoms with E-state index in [9.17, 15) is 19.2 Å². The van der Waals surface area contributed by atoms with Crippen LogP contribution in [0.5, 0.6) is 0 Å². The highest BCUT2D eigenvalue weighted by molar-refractivity contribution is 5.79. The SMILES string of the molecule is CC(=O)[C@H]1CCC2C3CC[C@H]4C[C@](C)(OC(=O)COC(=O)OC5CN(C(=O)OC(C)(C)C)C5)CC[C@]4(C)C3CC[C@@]21C. The number of amides is 1. The lowest BCUT2D eigenvalue weighted by atomic mass is 9.44. The molecule has 4 aliphatic carbocycles. The summed E-state index contributed by atoms with van der Waals surface area (Å²) >= 11 is 0. The van der Waals surface area contributed by atoms with Crippen LogP contribution in [0.4, 0.5) is 9.59 Å². The molecule has 4 saturated carbocycles. The minimum Gasteiger partial charge on any atom is -0.457 e. The van der Waals surface area contributed by atoms with Crippen molar-refractivity contribution in [3.05, 3.63) is 0 Å². The average molecular weight is 590 g/mol. The van der Waals surface area contributed by atoms with Gasteiger partial charge in [0.2, 0.25) is 0 Å². The molecule has 0 aromatic carbocycles. The third-order valence-corrected chi connectivity index (χ3v) is 11.9. The van der Waals surface area contributed by atoms with Gasteiger partial charge in [0.1, 0.15) is 23.1 Å². The van der Waals surface area contributed by atoms with E-state index in [1.54, 1.807) is 27.7 Å². The fourth-order valence-corrected chi connectivity index (χ4v) is 9.76. The predicted molar refractivity (Wildman–Crippen MR) is 154 cm³/mol. The lowest BCUT2D eigenvalue weighted by molar-refractivity contribution is -0.184. The molecule has 0 radical (unpaired) electrons. The molecule has 0 aromatic heterocycles. The van der Waals surface area contributed by atoms with Crippen molar-refractivity contribution in [1.29, 1.82) is 0 Å². The average Bonchev–Trinajstić information content (AvgIpc) is 3.21. The van der Waals surface area contributed by atoms with E-state index in [1.807, 2.05) is 6.92 Å². The molecule has 1 heterocycles. The first-order valence-corrected chi connectivity index (χ1v) is 16.1. The number of esters is 1. The maximum atomic E-state index is 12.7. The molecule has 9 nitrogen and oxygen atoms in total. The Labute approximate surface area is 250 Å². The topological polar surface area (TPSA) is 108 Å². The lowest BCUT2D eigenvalue weighted by Crippen LogP contribution is -2.56. The molecule has 0 spiro atoms. The maximum Gasteiger partial charge on any atom is 0.509 e. The van der Waals surface area contributed by atoms with Crippen LogP contribution in [0.15, 0.2) is 0 Å². The number of nitrogens with zero attached hydrogens (tertiary/aromatic N) is 1. The molecule has 1 amide bonds. The number of hydrogen-bond acceptors (Lipinski definition) is 8. The van der Waals surface area contributed by atoms with Crippen LogP contribution in [0.25, 0.3) is 0 Å². The zero-order valence-corrected chi connectivity index (χ0v) is 26.7. The molecule has 8 atom stereocenters. The highest BCUT2D eigenvalue weighted by Crippen LogP contribution is 2.68. The zero-order valence-electron chi connectivity index (χ0n) is 26.7. The summed E-state index contributed by atoms with van der Waals surface area (Å²) in [6, 6.07) is 0. The molecule has 0 N–H and O–H groups in total. The smallest absolute Gasteiger partial charge is 0.457 e. The van der Waals surface area contributed by atoms with Crippen LogP contribution in [0.1, 0.15) is 106 Å². The van der Waals surface area contributed by atoms with Crippen LogP contribution in [0.3, 0.4) is 0 Å². The van der Waals surface area contributed by atoms with Crippen molar-refractivity contribution in [1.82, 2.24) is 4.90 Å². The molecular formula is C33H51NO8. The molecule has 1 saturated heterocycles. The maximum absolute atomic E-state index is 12.7. The third-order valence-electron chi connectivity index (χ3n) is 11.9. The normalized spacial score (nSPS) is 39.6. The lowest BCUT2D eigenvalue weighted by Gasteiger charge is -2.62. The van der Waals surface area contributed by atoms with Crippen LogP contribution in [0, 0.1) is 40.4 Å². The fraction of sp³-hybridized carbons (Fsp3) is 0.879. The summed E-state index contributed by atoms with van der Waals surface area (Å²) in [6.07, 6.45) is 7.65. The second-order valence-corrected chi connectivity index (χ2v) is 15.7. The van der Waals surface area contributed by atoms with Gasteiger partial charge in [0.05, 0.1) is 13.1 Å². The van der Waals surface area contributed by atoms with Crippen molar-refractivity contribution in [2.75, 3.05) is 19.7 Å². The molecule has 0 aromatic rings. The van der Waals surface area contributed by atoms with Crippen molar-refractivity contribution in [3.63, 3.8) is 0 Å². The Hall–Kier alpha value is -2.32. The van der Waals surface area contributed by atoms with Gasteiger partial charge in [-0.2, -0.15) is 0 Å². The number of ether oxygens (including phenoxy) is 4. The Kier molecular flexibility index (Phi) is 8.14. The van der Waals surface area contributed by atoms with Gasteiger partial charge in [0, 0.05) is 5.92 Å². The highest BCUT2D eigenvalue weighted by Gasteiger charge is 2.62. The Morgan fingerprint density at radius 2 is 1.55 bits per heavy atom. The highest BCUT2D eigenvalue weighted by atomic mass is 16.7. The summed E-state index contributed by atoms with van der Waals surface area (Å²) < 4.78 is 21.5. The zero-order chi connectivity index (χ0) is 30.7. The Morgan fingerprint density at radius 1 is 0.857 bits per heavy atom. The first-order chi connectivity index (χ1) is 19.5. The van der Waals surface area contributed by atoms with Crippen LogP contribution in [0.2, 0.25) is 0 Å². The van der Waals surface area contributed by atoms with E-state index in [4.69, 9.17) is 18.9 Å². The number of carbonyl (C=O) groups excluding carboxylic acids is 4. The fourth-order valence-electron chi connectivity index (χ4n) is 9.76. The molecule has 3 unspecified atom stereocenters. The summed E-state index contributed by atoms with van der Waals surface area (Å²) in [5, 5.41) is 0. The molecule has 9 heteroatoms. The Morgan fingerprint density at radius 3 is 2.21 bits per heavy atom. The van der Waals surface area contributed by atoms with Crippen molar-refractivity contribution in [3.8, 4) is 0 Å². The summed E-state index contributed by atoms with van der Waals surface area (Å²) in [5.41, 5.74) is -0.795. The Bertz CT molecular complexity index is 1090. The van der Waals surface area contributed by atoms with Crippen LogP contribution < -0.4 is 0 Å². The van der Waals surface area contributed by atoms with E-state index in [-0.39, 0.29) is 29.8 Å². The molecule has 0 bridgehead atoms. The molecule has 5 rings (SSSR count). The largest absolute Gasteiger partial charge is 0.509 e. The van der Waals surface area contributed by atoms with Gasteiger partial charge in [-0.05, 0) is 127 Å². The molecule has 236 valence electrons. The minimum absolute atomic E-state index is 0.159. The van der Waals surface area contributed by atoms with E-state index in [0.29, 0.717) is 29.5 Å². The van der Waals surface area contributed by atoms with Gasteiger partial charge in [-0.3, -0.25) is 4.79 Å². The summed E-state index contributed by atoms with van der Waals surface area (Å²) in [4.78, 5) is 50.8. The third kappa shape index (κ3) is 5.90. The van der Waals surface area contributed by atoms with E-state index in [0.717, 1.165) is 38.5 Å². The molecule has 5 aliphatic rings. The Balaban J connectivity index is 1.08. The second-order valence-electron chi connectivity index (χ2n) is 15.7. The number of likely N-dealkylation sites (tertiary alicyclic amines) is 1. The first kappa shape index (κ1) is 31.1. The number of rotatable bonds is 5. The van der Waals surface area contributed by atoms with Gasteiger partial charge in [0.15, 0.2) is 6.61 Å². The summed E-state index contributed by atoms with van der Waals surface area (Å²) in [6.45, 7) is 14.0. The minimum atomic E-state index is -0.941. The van der Waals surface area contributed by atoms with E-state index < -0.39 is 42.1 Å². The summed E-state index contributed by atoms with van der Waals surface area (Å²) in [7, 11) is 0. The van der Waals surface area contributed by atoms with E-state index >= 15 is 0 Å². The number of carbonyl (C=O) groups is 4. The first-order valence-electron chi connectivity index (χ1n) is 16.1. The number of hydrogen-bond donors (Lipinski definition) is 0. The summed E-state index contributed by atoms with van der Waals surface area (Å²) in [5.74, 6) is 2.51. The van der Waals surface area contributed by atoms with Gasteiger partial charge >= 0.3 is 18.2 Å². The van der Waals surface area contributed by atoms with Crippen molar-refractivity contribution in [2.45, 2.75) is 124 Å². The van der Waals surface area contributed by atoms with Crippen LogP contribution in [-0.2, 0) is 28.5 Å². The molecule has 1 aliphatic heterocycles. The van der Waals surface area contributed by atoms with Gasteiger partial charge in [-0.25, -0.2) is 14.4 Å². The number of fused-ring (bicyclic) bond motifs is 5. The molecular weight excluding hydrogens is 538 g/mol. The van der Waals surface area contributed by atoms with Crippen LogP contribution >= 0.6 is 0 Å². The van der Waals surface area contributed by atoms with Gasteiger partial charge in [0.25, 0.3) is 0 Å². The van der Waals surface area contributed by atoms with Gasteiger partial charge < -0.3 is 23.8 Å². The van der Waals surface area contributed by atoms with Gasteiger partial charge in [-0.1, -0.05) is 13.8 Å². The molecule has 42 heavy (non-hydrogen) atoms. The number of Topliss-reactive ketones (excluding diaryl/α,β-unsaturated/α-hetero) is 1. The van der Waals surface area contributed by atoms with E-state index in [1.165, 1.54) is 24.2 Å². The second kappa shape index (κ2) is 11.0.